The average molecular weight is 385 g/mol. The second-order valence-electron chi connectivity index (χ2n) is 5.54. The van der Waals surface area contributed by atoms with E-state index in [0.717, 1.165) is 23.3 Å². The summed E-state index contributed by atoms with van der Waals surface area (Å²) in [7, 11) is -3.60. The molecule has 128 valence electrons. The third-order valence-electron chi connectivity index (χ3n) is 3.93. The fraction of sp³-hybridized carbons (Fsp3) is 0.312. The van der Waals surface area contributed by atoms with Crippen molar-refractivity contribution in [2.45, 2.75) is 23.6 Å². The Morgan fingerprint density at radius 1 is 1.21 bits per heavy atom. The first-order chi connectivity index (χ1) is 11.5. The van der Waals surface area contributed by atoms with E-state index in [2.05, 4.69) is 10.8 Å². The van der Waals surface area contributed by atoms with Gasteiger partial charge in [-0.3, -0.25) is 4.79 Å². The quantitative estimate of drug-likeness (QED) is 0.861. The van der Waals surface area contributed by atoms with Crippen LogP contribution >= 0.6 is 22.9 Å². The van der Waals surface area contributed by atoms with Crippen molar-refractivity contribution in [3.8, 4) is 0 Å². The normalized spacial score (nSPS) is 14.5. The van der Waals surface area contributed by atoms with E-state index in [0.29, 0.717) is 17.4 Å². The fourth-order valence-electron chi connectivity index (χ4n) is 2.67. The first-order valence-corrected chi connectivity index (χ1v) is 10.2. The number of carbonyl (C=O) groups excluding carboxylic acids is 1. The number of sulfonamides is 1. The molecule has 0 aliphatic carbocycles. The lowest BCUT2D eigenvalue weighted by Gasteiger charge is -2.29. The molecule has 0 atom stereocenters. The summed E-state index contributed by atoms with van der Waals surface area (Å²) in [5.74, 6) is -0.0450. The van der Waals surface area contributed by atoms with Crippen molar-refractivity contribution in [1.82, 2.24) is 9.62 Å². The van der Waals surface area contributed by atoms with Gasteiger partial charge in [-0.2, -0.15) is 0 Å². The van der Waals surface area contributed by atoms with Crippen molar-refractivity contribution >= 4 is 38.9 Å². The zero-order chi connectivity index (χ0) is 17.2. The monoisotopic (exact) mass is 384 g/mol. The van der Waals surface area contributed by atoms with Crippen LogP contribution in [0.3, 0.4) is 0 Å². The minimum absolute atomic E-state index is 0.0450. The molecule has 2 aromatic rings. The van der Waals surface area contributed by atoms with Gasteiger partial charge >= 0.3 is 0 Å². The number of halogens is 1. The number of carbonyl (C=O) groups is 1. The van der Waals surface area contributed by atoms with Crippen molar-refractivity contribution in [3.63, 3.8) is 0 Å². The molecule has 0 spiro atoms. The molecule has 0 radical (unpaired) electrons. The molecule has 8 heteroatoms. The van der Waals surface area contributed by atoms with Gasteiger partial charge in [-0.25, -0.2) is 13.1 Å². The van der Waals surface area contributed by atoms with E-state index < -0.39 is 10.0 Å². The zero-order valence-electron chi connectivity index (χ0n) is 12.9. The second kappa shape index (κ2) is 7.23. The number of nitrogens with zero attached hydrogens (tertiary/aromatic N) is 1. The van der Waals surface area contributed by atoms with E-state index >= 15 is 0 Å². The number of rotatable bonds is 5. The Bertz CT molecular complexity index is 849. The molecule has 5 nitrogen and oxygen atoms in total. The van der Waals surface area contributed by atoms with E-state index in [4.69, 9.17) is 11.6 Å². The molecule has 0 saturated carbocycles. The van der Waals surface area contributed by atoms with Crippen molar-refractivity contribution in [2.24, 2.45) is 0 Å². The predicted octanol–water partition coefficient (Wildman–Crippen LogP) is 2.65. The summed E-state index contributed by atoms with van der Waals surface area (Å²) >= 11 is 6.75. The molecular weight excluding hydrogens is 368 g/mol. The van der Waals surface area contributed by atoms with Crippen LogP contribution in [-0.2, 0) is 27.8 Å². The molecule has 1 N–H and O–H groups in total. The summed E-state index contributed by atoms with van der Waals surface area (Å²) in [4.78, 5) is 14.1. The lowest BCUT2D eigenvalue weighted by molar-refractivity contribution is -0.131. The Balaban J connectivity index is 1.53. The molecular formula is C16H17ClN2O3S2. The van der Waals surface area contributed by atoms with Gasteiger partial charge in [-0.05, 0) is 29.7 Å². The van der Waals surface area contributed by atoms with Gasteiger partial charge in [-0.1, -0.05) is 35.9 Å². The Morgan fingerprint density at radius 2 is 1.96 bits per heavy atom. The molecule has 2 heterocycles. The first-order valence-electron chi connectivity index (χ1n) is 7.55. The number of amides is 1. The van der Waals surface area contributed by atoms with Crippen LogP contribution in [-0.4, -0.2) is 32.3 Å². The second-order valence-corrected chi connectivity index (χ2v) is 9.25. The lowest BCUT2D eigenvalue weighted by Crippen LogP contribution is -2.37. The molecule has 0 fully saturated rings. The molecule has 0 unspecified atom stereocenters. The van der Waals surface area contributed by atoms with Crippen LogP contribution in [0.5, 0.6) is 0 Å². The Labute approximate surface area is 150 Å². The minimum Gasteiger partial charge on any atom is -0.338 e. The summed E-state index contributed by atoms with van der Waals surface area (Å²) in [6.45, 7) is 1.33. The highest BCUT2D eigenvalue weighted by atomic mass is 35.5. The first kappa shape index (κ1) is 17.4. The summed E-state index contributed by atoms with van der Waals surface area (Å²) < 4.78 is 27.2. The third-order valence-corrected chi connectivity index (χ3v) is 7.11. The maximum atomic E-state index is 12.3. The molecule has 0 bridgehead atoms. The van der Waals surface area contributed by atoms with Gasteiger partial charge in [0.2, 0.25) is 15.9 Å². The molecule has 1 aromatic heterocycles. The Morgan fingerprint density at radius 3 is 2.67 bits per heavy atom. The highest BCUT2D eigenvalue weighted by Crippen LogP contribution is 2.25. The maximum Gasteiger partial charge on any atom is 0.250 e. The number of nitrogens with one attached hydrogen (secondary N) is 1. The van der Waals surface area contributed by atoms with Gasteiger partial charge in [0.25, 0.3) is 0 Å². The number of fused-ring (bicyclic) bond motifs is 1. The van der Waals surface area contributed by atoms with E-state index in [1.54, 1.807) is 4.90 Å². The number of thiophene rings is 1. The van der Waals surface area contributed by atoms with Crippen LogP contribution < -0.4 is 4.72 Å². The molecule has 1 aliphatic rings. The lowest BCUT2D eigenvalue weighted by atomic mass is 10.00. The van der Waals surface area contributed by atoms with Crippen LogP contribution in [0.2, 0.25) is 4.34 Å². The standard InChI is InChI=1S/C16H17ClN2O3S2/c17-14-5-6-16(23-14)24(21,22)18-9-7-15(20)19-10-8-12-3-1-2-4-13(12)11-19/h1-6,18H,7-11H2. The largest absolute Gasteiger partial charge is 0.338 e. The van der Waals surface area contributed by atoms with Gasteiger partial charge in [0, 0.05) is 26.1 Å². The molecule has 3 rings (SSSR count). The summed E-state index contributed by atoms with van der Waals surface area (Å²) in [6.07, 6.45) is 0.974. The number of hydrogen-bond donors (Lipinski definition) is 1. The number of benzene rings is 1. The van der Waals surface area contributed by atoms with Crippen LogP contribution in [0.15, 0.2) is 40.6 Å². The number of hydrogen-bond acceptors (Lipinski definition) is 4. The van der Waals surface area contributed by atoms with Crippen molar-refractivity contribution in [1.29, 1.82) is 0 Å². The van der Waals surface area contributed by atoms with Gasteiger partial charge in [0.15, 0.2) is 0 Å². The summed E-state index contributed by atoms with van der Waals surface area (Å²) in [5.41, 5.74) is 2.43. The highest BCUT2D eigenvalue weighted by molar-refractivity contribution is 7.91. The Kier molecular flexibility index (Phi) is 5.24. The van der Waals surface area contributed by atoms with Crippen LogP contribution in [0, 0.1) is 0 Å². The molecule has 1 amide bonds. The van der Waals surface area contributed by atoms with E-state index in [1.807, 2.05) is 18.2 Å². The van der Waals surface area contributed by atoms with E-state index in [9.17, 15) is 13.2 Å². The zero-order valence-corrected chi connectivity index (χ0v) is 15.3. The maximum absolute atomic E-state index is 12.3. The van der Waals surface area contributed by atoms with Gasteiger partial charge < -0.3 is 4.90 Å². The smallest absolute Gasteiger partial charge is 0.250 e. The molecule has 1 aromatic carbocycles. The highest BCUT2D eigenvalue weighted by Gasteiger charge is 2.21. The van der Waals surface area contributed by atoms with E-state index in [-0.39, 0.29) is 23.1 Å². The third kappa shape index (κ3) is 3.97. The fourth-order valence-corrected chi connectivity index (χ4v) is 5.23. The molecule has 1 aliphatic heterocycles. The Hall–Kier alpha value is -1.41. The van der Waals surface area contributed by atoms with Gasteiger partial charge in [-0.15, -0.1) is 11.3 Å². The minimum atomic E-state index is -3.60. The molecule has 24 heavy (non-hydrogen) atoms. The SMILES string of the molecule is O=C(CCNS(=O)(=O)c1ccc(Cl)s1)N1CCc2ccccc2C1. The van der Waals surface area contributed by atoms with Crippen LogP contribution in [0.4, 0.5) is 0 Å². The topological polar surface area (TPSA) is 66.5 Å². The van der Waals surface area contributed by atoms with Gasteiger partial charge in [0.1, 0.15) is 4.21 Å². The van der Waals surface area contributed by atoms with Crippen molar-refractivity contribution in [2.75, 3.05) is 13.1 Å². The van der Waals surface area contributed by atoms with Crippen molar-refractivity contribution in [3.05, 3.63) is 51.9 Å². The molecule has 0 saturated heterocycles. The van der Waals surface area contributed by atoms with Gasteiger partial charge in [0.05, 0.1) is 4.34 Å². The van der Waals surface area contributed by atoms with Crippen LogP contribution in [0.25, 0.3) is 0 Å². The van der Waals surface area contributed by atoms with Crippen LogP contribution in [0.1, 0.15) is 17.5 Å². The van der Waals surface area contributed by atoms with Crippen molar-refractivity contribution < 1.29 is 13.2 Å². The predicted molar refractivity (Wildman–Crippen MR) is 94.7 cm³/mol. The van der Waals surface area contributed by atoms with E-state index in [1.165, 1.54) is 17.7 Å². The average Bonchev–Trinajstić information content (AvgIpc) is 3.01. The summed E-state index contributed by atoms with van der Waals surface area (Å²) in [6, 6.07) is 11.1. The summed E-state index contributed by atoms with van der Waals surface area (Å²) in [5, 5.41) is 0.